The molecule has 0 saturated carbocycles. The third kappa shape index (κ3) is 3.26. The van der Waals surface area contributed by atoms with Gasteiger partial charge in [0.05, 0.1) is 11.3 Å². The minimum Gasteiger partial charge on any atom is -0.487 e. The fraction of sp³-hybridized carbons (Fsp3) is 0.267. The van der Waals surface area contributed by atoms with E-state index in [2.05, 4.69) is 4.98 Å². The molecule has 2 rings (SSSR count). The molecule has 0 spiro atoms. The van der Waals surface area contributed by atoms with Crippen molar-refractivity contribution in [3.8, 4) is 5.75 Å². The zero-order chi connectivity index (χ0) is 15.6. The molecule has 112 valence electrons. The fourth-order valence-electron chi connectivity index (χ4n) is 1.91. The molecule has 0 bridgehead atoms. The van der Waals surface area contributed by atoms with Crippen molar-refractivity contribution in [3.63, 3.8) is 0 Å². The van der Waals surface area contributed by atoms with Gasteiger partial charge in [0.15, 0.2) is 0 Å². The van der Waals surface area contributed by atoms with E-state index >= 15 is 0 Å². The number of halogens is 3. The summed E-state index contributed by atoms with van der Waals surface area (Å²) in [7, 11) is 0. The first-order valence-corrected chi connectivity index (χ1v) is 6.30. The number of hydrogen-bond acceptors (Lipinski definition) is 3. The zero-order valence-corrected chi connectivity index (χ0v) is 11.7. The van der Waals surface area contributed by atoms with E-state index in [-0.39, 0.29) is 12.4 Å². The maximum Gasteiger partial charge on any atom is 0.419 e. The number of alkyl halides is 3. The van der Waals surface area contributed by atoms with Crippen molar-refractivity contribution in [1.82, 2.24) is 4.98 Å². The topological polar surface area (TPSA) is 48.1 Å². The van der Waals surface area contributed by atoms with E-state index in [4.69, 9.17) is 10.5 Å². The predicted molar refractivity (Wildman–Crippen MR) is 73.9 cm³/mol. The minimum absolute atomic E-state index is 0.0661. The summed E-state index contributed by atoms with van der Waals surface area (Å²) in [6.45, 7) is 3.52. The van der Waals surface area contributed by atoms with Crippen molar-refractivity contribution >= 4 is 5.69 Å². The van der Waals surface area contributed by atoms with Crippen LogP contribution in [0.2, 0.25) is 0 Å². The molecule has 2 N–H and O–H groups in total. The van der Waals surface area contributed by atoms with Crippen LogP contribution in [-0.2, 0) is 12.8 Å². The normalized spacial score (nSPS) is 11.5. The van der Waals surface area contributed by atoms with Gasteiger partial charge in [-0.2, -0.15) is 13.2 Å². The molecule has 0 aliphatic heterocycles. The van der Waals surface area contributed by atoms with Gasteiger partial charge in [-0.3, -0.25) is 4.98 Å². The molecule has 1 aromatic heterocycles. The molecule has 1 heterocycles. The summed E-state index contributed by atoms with van der Waals surface area (Å²) in [5, 5.41) is 0. The third-order valence-electron chi connectivity index (χ3n) is 3.23. The fourth-order valence-corrected chi connectivity index (χ4v) is 1.91. The molecule has 0 aliphatic rings. The average Bonchev–Trinajstić information content (AvgIpc) is 2.43. The summed E-state index contributed by atoms with van der Waals surface area (Å²) >= 11 is 0. The first kappa shape index (κ1) is 15.2. The Kier molecular flexibility index (Phi) is 4.06. The predicted octanol–water partition coefficient (Wildman–Crippen LogP) is 3.88. The molecule has 0 fully saturated rings. The summed E-state index contributed by atoms with van der Waals surface area (Å²) in [5.41, 5.74) is 7.72. The van der Waals surface area contributed by atoms with E-state index in [0.29, 0.717) is 11.4 Å². The largest absolute Gasteiger partial charge is 0.487 e. The minimum atomic E-state index is -4.45. The molecule has 0 saturated heterocycles. The van der Waals surface area contributed by atoms with Gasteiger partial charge in [0.25, 0.3) is 0 Å². The molecule has 0 radical (unpaired) electrons. The molecule has 2 aromatic rings. The molecular formula is C15H15F3N2O. The Morgan fingerprint density at radius 3 is 2.52 bits per heavy atom. The first-order chi connectivity index (χ1) is 9.80. The Balaban J connectivity index is 2.24. The SMILES string of the molecule is Cc1cnc(COc2ccccc2C(F)(F)F)c(C)c1N. The van der Waals surface area contributed by atoms with E-state index in [0.717, 1.165) is 17.2 Å². The van der Waals surface area contributed by atoms with Gasteiger partial charge < -0.3 is 10.5 Å². The lowest BCUT2D eigenvalue weighted by Gasteiger charge is -2.15. The van der Waals surface area contributed by atoms with E-state index in [9.17, 15) is 13.2 Å². The van der Waals surface area contributed by atoms with Crippen molar-refractivity contribution in [3.05, 3.63) is 52.8 Å². The molecule has 1 aromatic carbocycles. The van der Waals surface area contributed by atoms with E-state index in [1.807, 2.05) is 6.92 Å². The molecule has 0 atom stereocenters. The van der Waals surface area contributed by atoms with E-state index < -0.39 is 11.7 Å². The number of benzene rings is 1. The van der Waals surface area contributed by atoms with Gasteiger partial charge in [0.2, 0.25) is 0 Å². The van der Waals surface area contributed by atoms with Crippen LogP contribution >= 0.6 is 0 Å². The van der Waals surface area contributed by atoms with Crippen LogP contribution in [0.25, 0.3) is 0 Å². The number of para-hydroxylation sites is 1. The van der Waals surface area contributed by atoms with Crippen LogP contribution in [0.15, 0.2) is 30.5 Å². The second-order valence-electron chi connectivity index (χ2n) is 4.71. The number of aromatic nitrogens is 1. The lowest BCUT2D eigenvalue weighted by molar-refractivity contribution is -0.139. The Hall–Kier alpha value is -2.24. The summed E-state index contributed by atoms with van der Waals surface area (Å²) in [4.78, 5) is 4.16. The quantitative estimate of drug-likeness (QED) is 0.935. The molecule has 0 amide bonds. The number of nitrogen functional groups attached to an aromatic ring is 1. The summed E-state index contributed by atoms with van der Waals surface area (Å²) in [5.74, 6) is -0.217. The second-order valence-corrected chi connectivity index (χ2v) is 4.71. The monoisotopic (exact) mass is 296 g/mol. The summed E-state index contributed by atoms with van der Waals surface area (Å²) in [6.07, 6.45) is -2.87. The maximum absolute atomic E-state index is 12.9. The van der Waals surface area contributed by atoms with Gasteiger partial charge >= 0.3 is 6.18 Å². The van der Waals surface area contributed by atoms with Gasteiger partial charge in [-0.05, 0) is 37.1 Å². The standard InChI is InChI=1S/C15H15F3N2O/c1-9-7-20-12(10(2)14(9)19)8-21-13-6-4-3-5-11(13)15(16,17)18/h3-7H,8H2,1-2H3,(H2,19,20). The van der Waals surface area contributed by atoms with Crippen molar-refractivity contribution in [1.29, 1.82) is 0 Å². The van der Waals surface area contributed by atoms with Crippen LogP contribution in [0.1, 0.15) is 22.4 Å². The Morgan fingerprint density at radius 1 is 1.19 bits per heavy atom. The summed E-state index contributed by atoms with van der Waals surface area (Å²) in [6, 6.07) is 5.09. The van der Waals surface area contributed by atoms with Gasteiger partial charge in [-0.25, -0.2) is 0 Å². The van der Waals surface area contributed by atoms with Gasteiger partial charge in [-0.1, -0.05) is 12.1 Å². The summed E-state index contributed by atoms with van der Waals surface area (Å²) < 4.78 is 43.9. The van der Waals surface area contributed by atoms with Crippen LogP contribution in [0, 0.1) is 13.8 Å². The third-order valence-corrected chi connectivity index (χ3v) is 3.23. The van der Waals surface area contributed by atoms with Crippen molar-refractivity contribution < 1.29 is 17.9 Å². The molecule has 21 heavy (non-hydrogen) atoms. The first-order valence-electron chi connectivity index (χ1n) is 6.30. The lowest BCUT2D eigenvalue weighted by atomic mass is 10.1. The van der Waals surface area contributed by atoms with Crippen LogP contribution in [0.3, 0.4) is 0 Å². The number of anilines is 1. The highest BCUT2D eigenvalue weighted by Crippen LogP contribution is 2.36. The molecule has 3 nitrogen and oxygen atoms in total. The van der Waals surface area contributed by atoms with Gasteiger partial charge in [-0.15, -0.1) is 0 Å². The number of hydrogen-bond donors (Lipinski definition) is 1. The zero-order valence-electron chi connectivity index (χ0n) is 11.7. The lowest BCUT2D eigenvalue weighted by Crippen LogP contribution is -2.10. The van der Waals surface area contributed by atoms with Crippen LogP contribution in [-0.4, -0.2) is 4.98 Å². The maximum atomic E-state index is 12.9. The van der Waals surface area contributed by atoms with Crippen molar-refractivity contribution in [2.75, 3.05) is 5.73 Å². The average molecular weight is 296 g/mol. The number of pyridine rings is 1. The van der Waals surface area contributed by atoms with E-state index in [1.165, 1.54) is 18.2 Å². The van der Waals surface area contributed by atoms with Gasteiger partial charge in [0.1, 0.15) is 12.4 Å². The number of nitrogens with two attached hydrogens (primary N) is 1. The molecular weight excluding hydrogens is 281 g/mol. The Morgan fingerprint density at radius 2 is 1.86 bits per heavy atom. The number of aryl methyl sites for hydroxylation is 1. The highest BCUT2D eigenvalue weighted by Gasteiger charge is 2.34. The second kappa shape index (κ2) is 5.63. The van der Waals surface area contributed by atoms with Crippen molar-refractivity contribution in [2.24, 2.45) is 0 Å². The molecule has 0 unspecified atom stereocenters. The number of ether oxygens (including phenoxy) is 1. The highest BCUT2D eigenvalue weighted by atomic mass is 19.4. The van der Waals surface area contributed by atoms with Crippen LogP contribution in [0.4, 0.5) is 18.9 Å². The van der Waals surface area contributed by atoms with E-state index in [1.54, 1.807) is 13.1 Å². The highest BCUT2D eigenvalue weighted by molar-refractivity contribution is 5.53. The Bertz CT molecular complexity index is 654. The number of nitrogens with zero attached hydrogens (tertiary/aromatic N) is 1. The van der Waals surface area contributed by atoms with Gasteiger partial charge in [0, 0.05) is 11.9 Å². The van der Waals surface area contributed by atoms with Crippen molar-refractivity contribution in [2.45, 2.75) is 26.6 Å². The van der Waals surface area contributed by atoms with Crippen LogP contribution in [0.5, 0.6) is 5.75 Å². The molecule has 0 aliphatic carbocycles. The Labute approximate surface area is 120 Å². The van der Waals surface area contributed by atoms with Crippen LogP contribution < -0.4 is 10.5 Å². The smallest absolute Gasteiger partial charge is 0.419 e. The number of rotatable bonds is 3. The molecule has 6 heteroatoms.